The standard InChI is InChI=1S/C43H60N2O9/c1-21-17-44(5)19-29-23(3)32(15-27(21)29)53-42(48)39-37(25-10-11-31(46)34(12-25)50-7)40(38(39)26-13-35(51-8)41(47)36(14-26)52-9)43(49)54-33-16-28-22(2)18-45(6)20-30(28)24(33)4/h10-14,21-24,27-30,32-33,37-40,46-47H,15-20H2,1-9H3. The topological polar surface area (TPSA) is 127 Å². The van der Waals surface area contributed by atoms with Crippen LogP contribution in [0, 0.1) is 59.2 Å². The van der Waals surface area contributed by atoms with Crippen molar-refractivity contribution >= 4 is 11.9 Å². The first-order valence-electron chi connectivity index (χ1n) is 19.9. The van der Waals surface area contributed by atoms with Crippen molar-refractivity contribution in [3.63, 3.8) is 0 Å². The minimum absolute atomic E-state index is 0.0358. The summed E-state index contributed by atoms with van der Waals surface area (Å²) in [5.41, 5.74) is 1.29. The summed E-state index contributed by atoms with van der Waals surface area (Å²) in [6.45, 7) is 13.0. The fraction of sp³-hybridized carbons (Fsp3) is 0.674. The number of fused-ring (bicyclic) bond motifs is 2. The van der Waals surface area contributed by atoms with Crippen LogP contribution in [-0.2, 0) is 19.1 Å². The normalized spacial score (nSPS) is 37.8. The molecule has 3 aliphatic carbocycles. The van der Waals surface area contributed by atoms with E-state index < -0.39 is 23.7 Å². The van der Waals surface area contributed by atoms with Gasteiger partial charge in [0.25, 0.3) is 0 Å². The number of hydrogen-bond acceptors (Lipinski definition) is 11. The lowest BCUT2D eigenvalue weighted by atomic mass is 9.52. The fourth-order valence-electron chi connectivity index (χ4n) is 11.6. The number of esters is 2. The van der Waals surface area contributed by atoms with Gasteiger partial charge in [0.2, 0.25) is 5.75 Å². The van der Waals surface area contributed by atoms with E-state index in [1.54, 1.807) is 30.3 Å². The molecule has 2 aromatic rings. The van der Waals surface area contributed by atoms with E-state index in [1.807, 2.05) is 0 Å². The van der Waals surface area contributed by atoms with E-state index in [-0.39, 0.29) is 64.7 Å². The van der Waals surface area contributed by atoms with Gasteiger partial charge in [0.05, 0.1) is 33.2 Å². The summed E-state index contributed by atoms with van der Waals surface area (Å²) >= 11 is 0. The van der Waals surface area contributed by atoms with Gasteiger partial charge >= 0.3 is 11.9 Å². The smallest absolute Gasteiger partial charge is 0.310 e. The molecule has 5 aliphatic rings. The molecule has 2 saturated heterocycles. The Morgan fingerprint density at radius 1 is 0.611 bits per heavy atom. The number of aromatic hydroxyl groups is 2. The highest BCUT2D eigenvalue weighted by atomic mass is 16.6. The maximum Gasteiger partial charge on any atom is 0.310 e. The fourth-order valence-corrected chi connectivity index (χ4v) is 11.6. The largest absolute Gasteiger partial charge is 0.504 e. The predicted octanol–water partition coefficient (Wildman–Crippen LogP) is 5.77. The van der Waals surface area contributed by atoms with Crippen molar-refractivity contribution in [1.82, 2.24) is 9.80 Å². The summed E-state index contributed by atoms with van der Waals surface area (Å²) in [6, 6.07) is 8.38. The molecule has 3 saturated carbocycles. The second-order valence-electron chi connectivity index (χ2n) is 17.5. The van der Waals surface area contributed by atoms with Crippen molar-refractivity contribution in [2.75, 3.05) is 61.6 Å². The summed E-state index contributed by atoms with van der Waals surface area (Å²) < 4.78 is 29.8. The summed E-state index contributed by atoms with van der Waals surface area (Å²) in [7, 11) is 8.72. The molecule has 0 radical (unpaired) electrons. The molecule has 2 N–H and O–H groups in total. The Bertz CT molecular complexity index is 1630. The molecule has 2 aromatic carbocycles. The molecule has 54 heavy (non-hydrogen) atoms. The zero-order valence-electron chi connectivity index (χ0n) is 33.4. The Labute approximate surface area is 320 Å². The lowest BCUT2D eigenvalue weighted by molar-refractivity contribution is -0.175. The van der Waals surface area contributed by atoms with E-state index in [4.69, 9.17) is 23.7 Å². The van der Waals surface area contributed by atoms with Crippen LogP contribution in [-0.4, -0.2) is 106 Å². The number of carbonyl (C=O) groups excluding carboxylic acids is 2. The van der Waals surface area contributed by atoms with Gasteiger partial charge in [0, 0.05) is 38.0 Å². The van der Waals surface area contributed by atoms with Gasteiger partial charge in [-0.05, 0) is 110 Å². The average Bonchev–Trinajstić information content (AvgIpc) is 3.60. The lowest BCUT2D eigenvalue weighted by Crippen LogP contribution is -2.53. The quantitative estimate of drug-likeness (QED) is 0.304. The number of nitrogens with zero attached hydrogens (tertiary/aromatic N) is 2. The summed E-state index contributed by atoms with van der Waals surface area (Å²) in [5.74, 6) is -0.0848. The SMILES string of the molecule is COc1cc(C2C(C(=O)OC3CC4C(C)CN(C)CC4C3C)C(c3cc(OC)c(O)c(OC)c3)C2C(=O)OC2CC3C(C)CN(C)CC3C2C)ccc1O. The predicted molar refractivity (Wildman–Crippen MR) is 203 cm³/mol. The van der Waals surface area contributed by atoms with Crippen LogP contribution < -0.4 is 14.2 Å². The molecule has 12 unspecified atom stereocenters. The summed E-state index contributed by atoms with van der Waals surface area (Å²) in [6.07, 6.45) is 1.11. The molecular formula is C43H60N2O9. The third-order valence-electron chi connectivity index (χ3n) is 14.4. The van der Waals surface area contributed by atoms with Crippen molar-refractivity contribution in [3.8, 4) is 28.7 Å². The van der Waals surface area contributed by atoms with Crippen molar-refractivity contribution in [2.24, 2.45) is 59.2 Å². The molecule has 296 valence electrons. The van der Waals surface area contributed by atoms with E-state index in [0.717, 1.165) is 39.0 Å². The van der Waals surface area contributed by atoms with Gasteiger partial charge in [-0.2, -0.15) is 0 Å². The minimum atomic E-state index is -0.789. The van der Waals surface area contributed by atoms with Gasteiger partial charge in [-0.3, -0.25) is 9.59 Å². The first kappa shape index (κ1) is 38.6. The third kappa shape index (κ3) is 6.67. The molecule has 0 spiro atoms. The number of methoxy groups -OCH3 is 3. The molecule has 5 fully saturated rings. The van der Waals surface area contributed by atoms with Crippen molar-refractivity contribution < 1.29 is 43.5 Å². The number of phenols is 2. The van der Waals surface area contributed by atoms with Gasteiger partial charge < -0.3 is 43.7 Å². The van der Waals surface area contributed by atoms with Crippen LogP contribution in [0.25, 0.3) is 0 Å². The monoisotopic (exact) mass is 748 g/mol. The molecule has 0 amide bonds. The van der Waals surface area contributed by atoms with E-state index in [2.05, 4.69) is 51.6 Å². The molecule has 7 rings (SSSR count). The molecule has 12 atom stereocenters. The highest BCUT2D eigenvalue weighted by Gasteiger charge is 2.61. The van der Waals surface area contributed by atoms with Gasteiger partial charge in [-0.1, -0.05) is 33.8 Å². The number of ether oxygens (including phenoxy) is 5. The Kier molecular flexibility index (Phi) is 10.8. The molecule has 0 aromatic heterocycles. The molecule has 2 heterocycles. The highest BCUT2D eigenvalue weighted by molar-refractivity contribution is 5.86. The van der Waals surface area contributed by atoms with E-state index >= 15 is 0 Å². The van der Waals surface area contributed by atoms with Gasteiger partial charge in [0.1, 0.15) is 12.2 Å². The van der Waals surface area contributed by atoms with Crippen LogP contribution in [0.5, 0.6) is 28.7 Å². The summed E-state index contributed by atoms with van der Waals surface area (Å²) in [5, 5.41) is 21.5. The zero-order valence-corrected chi connectivity index (χ0v) is 33.4. The Hall–Kier alpha value is -3.70. The Morgan fingerprint density at radius 2 is 1.04 bits per heavy atom. The summed E-state index contributed by atoms with van der Waals surface area (Å²) in [4.78, 5) is 34.5. The third-order valence-corrected chi connectivity index (χ3v) is 14.4. The van der Waals surface area contributed by atoms with Crippen molar-refractivity contribution in [1.29, 1.82) is 0 Å². The van der Waals surface area contributed by atoms with Crippen LogP contribution in [0.2, 0.25) is 0 Å². The molecule has 11 heteroatoms. The van der Waals surface area contributed by atoms with Crippen molar-refractivity contribution in [3.05, 3.63) is 41.5 Å². The number of piperidine rings is 2. The average molecular weight is 749 g/mol. The first-order chi connectivity index (χ1) is 25.8. The van der Waals surface area contributed by atoms with E-state index in [1.165, 1.54) is 21.3 Å². The Morgan fingerprint density at radius 3 is 1.48 bits per heavy atom. The van der Waals surface area contributed by atoms with E-state index in [0.29, 0.717) is 46.6 Å². The highest BCUT2D eigenvalue weighted by Crippen LogP contribution is 2.61. The number of rotatable bonds is 9. The van der Waals surface area contributed by atoms with Gasteiger partial charge in [-0.25, -0.2) is 0 Å². The van der Waals surface area contributed by atoms with Crippen LogP contribution >= 0.6 is 0 Å². The second kappa shape index (κ2) is 15.1. The second-order valence-corrected chi connectivity index (χ2v) is 17.5. The van der Waals surface area contributed by atoms with E-state index in [9.17, 15) is 19.8 Å². The lowest BCUT2D eigenvalue weighted by Gasteiger charge is -2.50. The molecule has 11 nitrogen and oxygen atoms in total. The number of phenolic OH excluding ortho intramolecular Hbond substituents is 2. The zero-order chi connectivity index (χ0) is 38.7. The van der Waals surface area contributed by atoms with Gasteiger partial charge in [0.15, 0.2) is 23.0 Å². The first-order valence-corrected chi connectivity index (χ1v) is 19.9. The van der Waals surface area contributed by atoms with Gasteiger partial charge in [-0.15, -0.1) is 0 Å². The van der Waals surface area contributed by atoms with Crippen LogP contribution in [0.1, 0.15) is 63.5 Å². The van der Waals surface area contributed by atoms with Crippen molar-refractivity contribution in [2.45, 2.75) is 64.6 Å². The number of carbonyl (C=O) groups is 2. The van der Waals surface area contributed by atoms with Crippen LogP contribution in [0.3, 0.4) is 0 Å². The number of hydrogen-bond donors (Lipinski definition) is 2. The Balaban J connectivity index is 1.27. The minimum Gasteiger partial charge on any atom is -0.504 e. The maximum absolute atomic E-state index is 14.9. The molecular weight excluding hydrogens is 688 g/mol. The van der Waals surface area contributed by atoms with Crippen LogP contribution in [0.15, 0.2) is 30.3 Å². The molecule has 2 aliphatic heterocycles. The number of likely N-dealkylation sites (tertiary alicyclic amines) is 2. The van der Waals surface area contributed by atoms with Crippen LogP contribution in [0.4, 0.5) is 0 Å². The molecule has 0 bridgehead atoms. The maximum atomic E-state index is 14.9. The number of benzene rings is 2.